The third kappa shape index (κ3) is 2.30. The van der Waals surface area contributed by atoms with Crippen LogP contribution in [0.2, 0.25) is 0 Å². The van der Waals surface area contributed by atoms with Crippen LogP contribution >= 0.6 is 0 Å². The number of non-ortho nitro benzene ring substituents is 1. The van der Waals surface area contributed by atoms with Gasteiger partial charge in [0.25, 0.3) is 5.69 Å². The van der Waals surface area contributed by atoms with E-state index in [0.717, 1.165) is 5.56 Å². The van der Waals surface area contributed by atoms with Gasteiger partial charge in [0.2, 0.25) is 5.91 Å². The van der Waals surface area contributed by atoms with Crippen molar-refractivity contribution in [3.8, 4) is 6.07 Å². The van der Waals surface area contributed by atoms with Gasteiger partial charge in [-0.25, -0.2) is 0 Å². The van der Waals surface area contributed by atoms with Crippen LogP contribution in [0.4, 0.5) is 5.69 Å². The lowest BCUT2D eigenvalue weighted by molar-refractivity contribution is -0.384. The summed E-state index contributed by atoms with van der Waals surface area (Å²) >= 11 is 0. The van der Waals surface area contributed by atoms with Crippen LogP contribution in [0.25, 0.3) is 0 Å². The van der Waals surface area contributed by atoms with Gasteiger partial charge >= 0.3 is 0 Å². The summed E-state index contributed by atoms with van der Waals surface area (Å²) in [5, 5.41) is 22.0. The number of carbonyl (C=O) groups is 1. The molecular formula is C12H11N3O3. The van der Waals surface area contributed by atoms with Crippen molar-refractivity contribution in [1.29, 1.82) is 5.26 Å². The molecule has 1 amide bonds. The number of nitro groups is 1. The van der Waals surface area contributed by atoms with Gasteiger partial charge in [-0.2, -0.15) is 5.26 Å². The van der Waals surface area contributed by atoms with E-state index >= 15 is 0 Å². The molecule has 1 aromatic carbocycles. The van der Waals surface area contributed by atoms with Crippen LogP contribution in [0, 0.1) is 26.9 Å². The number of hydrogen-bond acceptors (Lipinski definition) is 4. The number of nitrogens with zero attached hydrogens (tertiary/aromatic N) is 2. The Kier molecular flexibility index (Phi) is 2.98. The van der Waals surface area contributed by atoms with Gasteiger partial charge in [-0.15, -0.1) is 0 Å². The van der Waals surface area contributed by atoms with Crippen molar-refractivity contribution in [1.82, 2.24) is 5.32 Å². The Morgan fingerprint density at radius 2 is 2.06 bits per heavy atom. The van der Waals surface area contributed by atoms with Crippen LogP contribution in [0.5, 0.6) is 0 Å². The average Bonchev–Trinajstić information content (AvgIpc) is 3.17. The second kappa shape index (κ2) is 4.45. The minimum Gasteiger partial charge on any atom is -0.351 e. The van der Waals surface area contributed by atoms with Crippen LogP contribution in [0.1, 0.15) is 18.4 Å². The molecule has 0 bridgehead atoms. The Labute approximate surface area is 103 Å². The topological polar surface area (TPSA) is 96.0 Å². The smallest absolute Gasteiger partial charge is 0.269 e. The predicted molar refractivity (Wildman–Crippen MR) is 62.2 cm³/mol. The summed E-state index contributed by atoms with van der Waals surface area (Å²) in [6.07, 6.45) is 1.21. The van der Waals surface area contributed by atoms with Gasteiger partial charge in [-0.05, 0) is 18.4 Å². The molecule has 1 aliphatic rings. The molecular weight excluding hydrogens is 234 g/mol. The van der Waals surface area contributed by atoms with Crippen LogP contribution < -0.4 is 5.32 Å². The highest BCUT2D eigenvalue weighted by molar-refractivity contribution is 5.88. The molecule has 0 heterocycles. The molecule has 1 saturated carbocycles. The second-order valence-electron chi connectivity index (χ2n) is 4.30. The Bertz CT molecular complexity index is 526. The van der Waals surface area contributed by atoms with E-state index < -0.39 is 10.3 Å². The summed E-state index contributed by atoms with van der Waals surface area (Å²) in [5.41, 5.74) is -0.0516. The summed E-state index contributed by atoms with van der Waals surface area (Å²) in [5.74, 6) is -0.261. The average molecular weight is 245 g/mol. The fourth-order valence-corrected chi connectivity index (χ4v) is 1.60. The highest BCUT2D eigenvalue weighted by Crippen LogP contribution is 2.44. The molecule has 0 atom stereocenters. The summed E-state index contributed by atoms with van der Waals surface area (Å²) in [4.78, 5) is 21.6. The maximum atomic E-state index is 11.7. The van der Waals surface area contributed by atoms with Gasteiger partial charge in [0.05, 0.1) is 11.0 Å². The molecule has 92 valence electrons. The first kappa shape index (κ1) is 12.0. The van der Waals surface area contributed by atoms with Crippen molar-refractivity contribution in [3.63, 3.8) is 0 Å². The van der Waals surface area contributed by atoms with Crippen molar-refractivity contribution < 1.29 is 9.72 Å². The van der Waals surface area contributed by atoms with E-state index in [2.05, 4.69) is 5.32 Å². The summed E-state index contributed by atoms with van der Waals surface area (Å²) in [6.45, 7) is 0.278. The van der Waals surface area contributed by atoms with Gasteiger partial charge in [0.1, 0.15) is 5.41 Å². The first-order chi connectivity index (χ1) is 8.57. The van der Waals surface area contributed by atoms with Crippen molar-refractivity contribution in [3.05, 3.63) is 39.9 Å². The highest BCUT2D eigenvalue weighted by atomic mass is 16.6. The molecule has 0 saturated heterocycles. The second-order valence-corrected chi connectivity index (χ2v) is 4.30. The molecule has 2 rings (SSSR count). The van der Waals surface area contributed by atoms with E-state index in [1.54, 1.807) is 12.1 Å². The molecule has 18 heavy (non-hydrogen) atoms. The van der Waals surface area contributed by atoms with Crippen LogP contribution in [-0.4, -0.2) is 10.8 Å². The number of amides is 1. The Morgan fingerprint density at radius 3 is 2.50 bits per heavy atom. The zero-order valence-corrected chi connectivity index (χ0v) is 9.55. The fourth-order valence-electron chi connectivity index (χ4n) is 1.60. The first-order valence-corrected chi connectivity index (χ1v) is 5.50. The van der Waals surface area contributed by atoms with Crippen molar-refractivity contribution >= 4 is 11.6 Å². The minimum absolute atomic E-state index is 0.0146. The maximum absolute atomic E-state index is 11.7. The SMILES string of the molecule is N#CC1(C(=O)NCc2ccc([N+](=O)[O-])cc2)CC1. The van der Waals surface area contributed by atoms with Crippen LogP contribution in [0.15, 0.2) is 24.3 Å². The van der Waals surface area contributed by atoms with Gasteiger partial charge in [0.15, 0.2) is 0 Å². The molecule has 0 unspecified atom stereocenters. The molecule has 0 spiro atoms. The lowest BCUT2D eigenvalue weighted by Crippen LogP contribution is -2.30. The third-order valence-corrected chi connectivity index (χ3v) is 3.00. The van der Waals surface area contributed by atoms with E-state index in [1.807, 2.05) is 6.07 Å². The largest absolute Gasteiger partial charge is 0.351 e. The Balaban J connectivity index is 1.93. The standard InChI is InChI=1S/C12H11N3O3/c13-8-12(5-6-12)11(16)14-7-9-1-3-10(4-2-9)15(17)18/h1-4H,5-7H2,(H,14,16). The van der Waals surface area contributed by atoms with Crippen molar-refractivity contribution in [2.24, 2.45) is 5.41 Å². The maximum Gasteiger partial charge on any atom is 0.269 e. The first-order valence-electron chi connectivity index (χ1n) is 5.50. The molecule has 1 aromatic rings. The van der Waals surface area contributed by atoms with E-state index in [9.17, 15) is 14.9 Å². The number of hydrogen-bond donors (Lipinski definition) is 1. The Hall–Kier alpha value is -2.42. The summed E-state index contributed by atoms with van der Waals surface area (Å²) in [6, 6.07) is 7.96. The lowest BCUT2D eigenvalue weighted by Gasteiger charge is -2.07. The van der Waals surface area contributed by atoms with Gasteiger partial charge < -0.3 is 5.32 Å². The predicted octanol–water partition coefficient (Wildman–Crippen LogP) is 1.51. The molecule has 1 aliphatic carbocycles. The highest BCUT2D eigenvalue weighted by Gasteiger charge is 2.50. The number of nitro benzene ring substituents is 1. The monoisotopic (exact) mass is 245 g/mol. The zero-order valence-electron chi connectivity index (χ0n) is 9.55. The fraction of sp³-hybridized carbons (Fsp3) is 0.333. The molecule has 0 aliphatic heterocycles. The Morgan fingerprint density at radius 1 is 1.44 bits per heavy atom. The van der Waals surface area contributed by atoms with Gasteiger partial charge in [-0.1, -0.05) is 12.1 Å². The summed E-state index contributed by atoms with van der Waals surface area (Å²) in [7, 11) is 0. The number of carbonyl (C=O) groups excluding carboxylic acids is 1. The number of benzene rings is 1. The molecule has 6 nitrogen and oxygen atoms in total. The van der Waals surface area contributed by atoms with E-state index in [-0.39, 0.29) is 18.1 Å². The van der Waals surface area contributed by atoms with Gasteiger partial charge in [0, 0.05) is 18.7 Å². The quantitative estimate of drug-likeness (QED) is 0.642. The van der Waals surface area contributed by atoms with Crippen LogP contribution in [-0.2, 0) is 11.3 Å². The zero-order chi connectivity index (χ0) is 13.2. The van der Waals surface area contributed by atoms with E-state index in [4.69, 9.17) is 5.26 Å². The minimum atomic E-state index is -0.833. The molecule has 0 radical (unpaired) electrons. The van der Waals surface area contributed by atoms with E-state index in [0.29, 0.717) is 12.8 Å². The number of nitrogens with one attached hydrogen (secondary N) is 1. The molecule has 6 heteroatoms. The molecule has 1 fully saturated rings. The normalized spacial score (nSPS) is 15.5. The molecule has 1 N–H and O–H groups in total. The number of nitriles is 1. The van der Waals surface area contributed by atoms with Crippen LogP contribution in [0.3, 0.4) is 0 Å². The van der Waals surface area contributed by atoms with Gasteiger partial charge in [-0.3, -0.25) is 14.9 Å². The lowest BCUT2D eigenvalue weighted by atomic mass is 10.1. The number of rotatable bonds is 4. The van der Waals surface area contributed by atoms with E-state index in [1.165, 1.54) is 12.1 Å². The third-order valence-electron chi connectivity index (χ3n) is 3.00. The summed E-state index contributed by atoms with van der Waals surface area (Å²) < 4.78 is 0. The molecule has 0 aromatic heterocycles. The van der Waals surface area contributed by atoms with Crippen molar-refractivity contribution in [2.45, 2.75) is 19.4 Å². The van der Waals surface area contributed by atoms with Crippen molar-refractivity contribution in [2.75, 3.05) is 0 Å².